The van der Waals surface area contributed by atoms with E-state index in [4.69, 9.17) is 11.6 Å². The van der Waals surface area contributed by atoms with Gasteiger partial charge in [-0.15, -0.1) is 0 Å². The molecule has 0 aliphatic heterocycles. The number of carbonyl (C=O) groups excluding carboxylic acids is 1. The number of nitrogens with zero attached hydrogens (tertiary/aromatic N) is 3. The smallest absolute Gasteiger partial charge is 0.297 e. The van der Waals surface area contributed by atoms with Gasteiger partial charge in [0.1, 0.15) is 0 Å². The Bertz CT molecular complexity index is 1070. The van der Waals surface area contributed by atoms with Crippen molar-refractivity contribution >= 4 is 34.2 Å². The van der Waals surface area contributed by atoms with E-state index in [9.17, 15) is 31.1 Å². The van der Waals surface area contributed by atoms with Gasteiger partial charge < -0.3 is 0 Å². The summed E-state index contributed by atoms with van der Waals surface area (Å²) in [5.74, 6) is -1.37. The van der Waals surface area contributed by atoms with E-state index in [1.54, 1.807) is 0 Å². The second-order valence-corrected chi connectivity index (χ2v) is 6.57. The summed E-state index contributed by atoms with van der Waals surface area (Å²) in [4.78, 5) is 19.2. The number of pyridine rings is 1. The summed E-state index contributed by atoms with van der Waals surface area (Å²) in [6, 6.07) is 5.21. The molecule has 3 aromatic rings. The van der Waals surface area contributed by atoms with Crippen molar-refractivity contribution in [3.8, 4) is 11.4 Å². The monoisotopic (exact) mass is 452 g/mol. The first-order chi connectivity index (χ1) is 13.5. The molecule has 3 rings (SSSR count). The molecule has 29 heavy (non-hydrogen) atoms. The van der Waals surface area contributed by atoms with Gasteiger partial charge in [0.25, 0.3) is 5.91 Å². The molecule has 0 atom stereocenters. The van der Waals surface area contributed by atoms with Gasteiger partial charge in [-0.25, -0.2) is 0 Å². The maximum absolute atomic E-state index is 13.0. The number of hydrogen-bond donors (Lipinski definition) is 1. The molecule has 0 saturated carbocycles. The molecule has 0 saturated heterocycles. The Morgan fingerprint density at radius 2 is 1.76 bits per heavy atom. The molecule has 0 bridgehead atoms. The third-order valence-electron chi connectivity index (χ3n) is 3.51. The van der Waals surface area contributed by atoms with E-state index < -0.39 is 40.1 Å². The van der Waals surface area contributed by atoms with Crippen LogP contribution in [0.25, 0.3) is 11.4 Å². The first-order valence-electron chi connectivity index (χ1n) is 7.52. The molecule has 0 fully saturated rings. The number of nitrogens with one attached hydrogen (secondary N) is 1. The molecule has 2 heterocycles. The molecule has 0 aliphatic carbocycles. The van der Waals surface area contributed by atoms with Crippen molar-refractivity contribution in [2.24, 2.45) is 0 Å². The molecule has 5 nitrogen and oxygen atoms in total. The summed E-state index contributed by atoms with van der Waals surface area (Å²) >= 11 is 6.36. The van der Waals surface area contributed by atoms with Crippen LogP contribution in [0.1, 0.15) is 21.6 Å². The van der Waals surface area contributed by atoms with E-state index in [1.807, 2.05) is 0 Å². The minimum Gasteiger partial charge on any atom is -0.297 e. The number of rotatable bonds is 3. The molecule has 1 aromatic carbocycles. The van der Waals surface area contributed by atoms with Crippen molar-refractivity contribution in [1.82, 2.24) is 14.3 Å². The molecule has 152 valence electrons. The molecule has 13 heteroatoms. The van der Waals surface area contributed by atoms with Gasteiger partial charge in [-0.2, -0.15) is 35.7 Å². The van der Waals surface area contributed by atoms with Crippen LogP contribution in [0.3, 0.4) is 0 Å². The molecular weight excluding hydrogens is 446 g/mol. The summed E-state index contributed by atoms with van der Waals surface area (Å²) in [6.07, 6.45) is -8.67. The van der Waals surface area contributed by atoms with E-state index in [0.717, 1.165) is 30.5 Å². The lowest BCUT2D eigenvalue weighted by molar-refractivity contribution is -0.141. The maximum atomic E-state index is 13.0. The fourth-order valence-electron chi connectivity index (χ4n) is 2.29. The molecule has 2 aromatic heterocycles. The van der Waals surface area contributed by atoms with Gasteiger partial charge in [0.05, 0.1) is 16.1 Å². The molecule has 1 N–H and O–H groups in total. The van der Waals surface area contributed by atoms with E-state index in [1.165, 1.54) is 6.07 Å². The van der Waals surface area contributed by atoms with Crippen LogP contribution < -0.4 is 5.32 Å². The standard InChI is InChI=1S/C16H7ClF6N4OS/c17-10-7(3-1-5-9(10)15(18,19)20)12-25-14(29-27-12)26-13(28)8-4-2-6-24-11(8)16(21,22)23/h1-6H,(H,25,26,27,28). The predicted molar refractivity (Wildman–Crippen MR) is 92.5 cm³/mol. The van der Waals surface area contributed by atoms with E-state index in [2.05, 4.69) is 19.7 Å². The highest BCUT2D eigenvalue weighted by Crippen LogP contribution is 2.39. The average Bonchev–Trinajstić information content (AvgIpc) is 3.08. The molecule has 0 aliphatic rings. The van der Waals surface area contributed by atoms with Crippen molar-refractivity contribution in [3.05, 3.63) is 58.4 Å². The zero-order valence-electron chi connectivity index (χ0n) is 13.8. The number of aromatic nitrogens is 3. The van der Waals surface area contributed by atoms with Crippen LogP contribution >= 0.6 is 23.1 Å². The van der Waals surface area contributed by atoms with E-state index >= 15 is 0 Å². The van der Waals surface area contributed by atoms with Crippen molar-refractivity contribution in [3.63, 3.8) is 0 Å². The van der Waals surface area contributed by atoms with Crippen LogP contribution in [0, 0.1) is 0 Å². The minimum atomic E-state index is -4.86. The zero-order valence-corrected chi connectivity index (χ0v) is 15.3. The normalized spacial score (nSPS) is 12.1. The Morgan fingerprint density at radius 3 is 2.41 bits per heavy atom. The number of carbonyl (C=O) groups is 1. The highest BCUT2D eigenvalue weighted by Gasteiger charge is 2.37. The number of amides is 1. The van der Waals surface area contributed by atoms with Crippen LogP contribution in [0.4, 0.5) is 31.5 Å². The average molecular weight is 453 g/mol. The van der Waals surface area contributed by atoms with Gasteiger partial charge in [0.2, 0.25) is 5.13 Å². The molecule has 1 amide bonds. The van der Waals surface area contributed by atoms with Gasteiger partial charge in [0, 0.05) is 23.3 Å². The molecule has 0 radical (unpaired) electrons. The summed E-state index contributed by atoms with van der Waals surface area (Å²) in [5.41, 5.74) is -3.37. The highest BCUT2D eigenvalue weighted by atomic mass is 35.5. The van der Waals surface area contributed by atoms with Crippen molar-refractivity contribution in [1.29, 1.82) is 0 Å². The highest BCUT2D eigenvalue weighted by molar-refractivity contribution is 7.10. The molecule has 0 unspecified atom stereocenters. The number of hydrogen-bond acceptors (Lipinski definition) is 5. The third kappa shape index (κ3) is 4.48. The topological polar surface area (TPSA) is 67.8 Å². The Morgan fingerprint density at radius 1 is 1.03 bits per heavy atom. The lowest BCUT2D eigenvalue weighted by Gasteiger charge is -2.10. The predicted octanol–water partition coefficient (Wildman–Crippen LogP) is 5.54. The fourth-order valence-corrected chi connectivity index (χ4v) is 3.18. The van der Waals surface area contributed by atoms with Gasteiger partial charge in [0.15, 0.2) is 11.5 Å². The van der Waals surface area contributed by atoms with Crippen molar-refractivity contribution in [2.45, 2.75) is 12.4 Å². The Kier molecular flexibility index (Phi) is 5.50. The van der Waals surface area contributed by atoms with Crippen molar-refractivity contribution in [2.75, 3.05) is 5.32 Å². The Balaban J connectivity index is 1.89. The van der Waals surface area contributed by atoms with E-state index in [-0.39, 0.29) is 16.5 Å². The van der Waals surface area contributed by atoms with Crippen LogP contribution in [0.15, 0.2) is 36.5 Å². The van der Waals surface area contributed by atoms with Crippen LogP contribution in [0.2, 0.25) is 5.02 Å². The summed E-state index contributed by atoms with van der Waals surface area (Å²) < 4.78 is 81.6. The van der Waals surface area contributed by atoms with Crippen LogP contribution in [-0.2, 0) is 12.4 Å². The largest absolute Gasteiger partial charge is 0.434 e. The lowest BCUT2D eigenvalue weighted by Crippen LogP contribution is -2.20. The minimum absolute atomic E-state index is 0.143. The summed E-state index contributed by atoms with van der Waals surface area (Å²) in [6.45, 7) is 0. The Labute approximate surface area is 167 Å². The van der Waals surface area contributed by atoms with Gasteiger partial charge in [-0.05, 0) is 24.3 Å². The molecular formula is C16H7ClF6N4OS. The quantitative estimate of drug-likeness (QED) is 0.530. The summed E-state index contributed by atoms with van der Waals surface area (Å²) in [7, 11) is 0. The second-order valence-electron chi connectivity index (χ2n) is 5.44. The number of alkyl halides is 6. The van der Waals surface area contributed by atoms with Crippen LogP contribution in [-0.4, -0.2) is 20.2 Å². The lowest BCUT2D eigenvalue weighted by atomic mass is 10.1. The number of halogens is 7. The molecule has 0 spiro atoms. The van der Waals surface area contributed by atoms with E-state index in [0.29, 0.717) is 11.5 Å². The number of benzene rings is 1. The van der Waals surface area contributed by atoms with Gasteiger partial charge in [-0.1, -0.05) is 17.7 Å². The first kappa shape index (κ1) is 21.0. The SMILES string of the molecule is O=C(Nc1nc(-c2cccc(C(F)(F)F)c2Cl)ns1)c1cccnc1C(F)(F)F. The Hall–Kier alpha value is -2.73. The third-order valence-corrected chi connectivity index (χ3v) is 4.55. The van der Waals surface area contributed by atoms with Crippen LogP contribution in [0.5, 0.6) is 0 Å². The van der Waals surface area contributed by atoms with Gasteiger partial charge in [-0.3, -0.25) is 15.1 Å². The zero-order chi connectivity index (χ0) is 21.4. The second kappa shape index (κ2) is 7.59. The number of anilines is 1. The summed E-state index contributed by atoms with van der Waals surface area (Å²) in [5, 5.41) is 1.26. The maximum Gasteiger partial charge on any atom is 0.434 e. The van der Waals surface area contributed by atoms with Crippen molar-refractivity contribution < 1.29 is 31.1 Å². The fraction of sp³-hybridized carbons (Fsp3) is 0.125. The first-order valence-corrected chi connectivity index (χ1v) is 8.67. The van der Waals surface area contributed by atoms with Gasteiger partial charge >= 0.3 is 12.4 Å².